The van der Waals surface area contributed by atoms with Crippen LogP contribution >= 0.6 is 0 Å². The first-order valence-corrected chi connectivity index (χ1v) is 11.1. The highest BCUT2D eigenvalue weighted by Gasteiger charge is 2.19. The molecule has 0 N–H and O–H groups in total. The highest BCUT2D eigenvalue weighted by molar-refractivity contribution is 6.59. The molecule has 1 nitrogen and oxygen atoms in total. The van der Waals surface area contributed by atoms with Crippen LogP contribution in [0, 0.1) is 0 Å². The molecule has 1 aliphatic heterocycles. The van der Waals surface area contributed by atoms with E-state index in [-0.39, 0.29) is 0 Å². The molecule has 0 aromatic heterocycles. The summed E-state index contributed by atoms with van der Waals surface area (Å²) in [5, 5.41) is 0. The first-order chi connectivity index (χ1) is 9.19. The standard InChI is InChI=1S/C17H35NSi/c1-5-19(6-2)15-16(3)17(4)18-13-11-9-7-8-10-12-14-18/h17,19H,3,5-15H2,1-2,4H3. The fraction of sp³-hybridized carbons (Fsp3) is 0.882. The quantitative estimate of drug-likeness (QED) is 0.497. The predicted molar refractivity (Wildman–Crippen MR) is 90.8 cm³/mol. The van der Waals surface area contributed by atoms with Gasteiger partial charge in [0.1, 0.15) is 0 Å². The molecule has 0 bridgehead atoms. The Labute approximate surface area is 123 Å². The average Bonchev–Trinajstić information content (AvgIpc) is 2.57. The van der Waals surface area contributed by atoms with Gasteiger partial charge in [-0.2, -0.15) is 0 Å². The molecule has 0 saturated carbocycles. The van der Waals surface area contributed by atoms with Gasteiger partial charge in [0.25, 0.3) is 0 Å². The summed E-state index contributed by atoms with van der Waals surface area (Å²) in [7, 11) is -0.516. The van der Waals surface area contributed by atoms with Gasteiger partial charge in [-0.1, -0.05) is 63.8 Å². The Hall–Kier alpha value is -0.0831. The maximum absolute atomic E-state index is 4.44. The number of hydrogen-bond donors (Lipinski definition) is 0. The van der Waals surface area contributed by atoms with Crippen molar-refractivity contribution in [2.75, 3.05) is 13.1 Å². The van der Waals surface area contributed by atoms with Gasteiger partial charge in [-0.05, 0) is 38.9 Å². The van der Waals surface area contributed by atoms with Gasteiger partial charge in [-0.15, -0.1) is 0 Å². The third-order valence-corrected chi connectivity index (χ3v) is 8.40. The van der Waals surface area contributed by atoms with Gasteiger partial charge >= 0.3 is 0 Å². The van der Waals surface area contributed by atoms with E-state index in [2.05, 4.69) is 32.3 Å². The van der Waals surface area contributed by atoms with Crippen molar-refractivity contribution in [1.82, 2.24) is 4.90 Å². The summed E-state index contributed by atoms with van der Waals surface area (Å²) in [6, 6.07) is 4.85. The van der Waals surface area contributed by atoms with Crippen molar-refractivity contribution >= 4 is 8.80 Å². The molecule has 1 heterocycles. The molecule has 0 aromatic carbocycles. The summed E-state index contributed by atoms with van der Waals surface area (Å²) in [6.07, 6.45) is 8.53. The zero-order valence-corrected chi connectivity index (χ0v) is 14.7. The molecule has 19 heavy (non-hydrogen) atoms. The Balaban J connectivity index is 2.47. The fourth-order valence-electron chi connectivity index (χ4n) is 3.21. The molecule has 1 atom stereocenters. The van der Waals surface area contributed by atoms with Crippen molar-refractivity contribution in [3.63, 3.8) is 0 Å². The molecular formula is C17H35NSi. The molecule has 1 rings (SSSR count). The van der Waals surface area contributed by atoms with Gasteiger partial charge in [-0.3, -0.25) is 4.90 Å². The fourth-order valence-corrected chi connectivity index (χ4v) is 5.45. The zero-order chi connectivity index (χ0) is 14.1. The van der Waals surface area contributed by atoms with E-state index in [9.17, 15) is 0 Å². The van der Waals surface area contributed by atoms with Crippen LogP contribution in [0.3, 0.4) is 0 Å². The molecule has 2 heteroatoms. The molecule has 0 spiro atoms. The minimum atomic E-state index is -0.516. The van der Waals surface area contributed by atoms with Crippen molar-refractivity contribution in [1.29, 1.82) is 0 Å². The van der Waals surface area contributed by atoms with Crippen molar-refractivity contribution < 1.29 is 0 Å². The van der Waals surface area contributed by atoms with E-state index in [1.165, 1.54) is 75.3 Å². The van der Waals surface area contributed by atoms with Gasteiger partial charge < -0.3 is 0 Å². The Kier molecular flexibility index (Phi) is 8.72. The van der Waals surface area contributed by atoms with E-state index in [1.807, 2.05) is 0 Å². The molecule has 0 amide bonds. The number of hydrogen-bond acceptors (Lipinski definition) is 1. The van der Waals surface area contributed by atoms with Crippen LogP contribution in [0.5, 0.6) is 0 Å². The molecule has 1 aliphatic rings. The van der Waals surface area contributed by atoms with E-state index >= 15 is 0 Å². The summed E-state index contributed by atoms with van der Waals surface area (Å²) in [5.41, 5.74) is 1.53. The average molecular weight is 282 g/mol. The van der Waals surface area contributed by atoms with E-state index < -0.39 is 8.80 Å². The van der Waals surface area contributed by atoms with Gasteiger partial charge in [0, 0.05) is 14.8 Å². The van der Waals surface area contributed by atoms with Gasteiger partial charge in [-0.25, -0.2) is 0 Å². The monoisotopic (exact) mass is 281 g/mol. The highest BCUT2D eigenvalue weighted by atomic mass is 28.3. The van der Waals surface area contributed by atoms with Crippen LogP contribution in [0.1, 0.15) is 59.3 Å². The normalized spacial score (nSPS) is 20.6. The summed E-state index contributed by atoms with van der Waals surface area (Å²) in [4.78, 5) is 2.71. The molecule has 112 valence electrons. The second-order valence-electron chi connectivity index (χ2n) is 6.38. The molecule has 1 unspecified atom stereocenters. The lowest BCUT2D eigenvalue weighted by atomic mass is 10.1. The van der Waals surface area contributed by atoms with Gasteiger partial charge in [0.05, 0.1) is 0 Å². The summed E-state index contributed by atoms with van der Waals surface area (Å²) < 4.78 is 0. The molecule has 0 aliphatic carbocycles. The van der Waals surface area contributed by atoms with Crippen LogP contribution in [0.2, 0.25) is 18.1 Å². The third kappa shape index (κ3) is 6.27. The van der Waals surface area contributed by atoms with E-state index in [1.54, 1.807) is 0 Å². The van der Waals surface area contributed by atoms with E-state index in [0.717, 1.165) is 0 Å². The number of nitrogens with zero attached hydrogens (tertiary/aromatic N) is 1. The third-order valence-electron chi connectivity index (χ3n) is 4.98. The largest absolute Gasteiger partial charge is 0.297 e. The second kappa shape index (κ2) is 9.76. The lowest BCUT2D eigenvalue weighted by molar-refractivity contribution is 0.229. The molecule has 1 fully saturated rings. The topological polar surface area (TPSA) is 3.24 Å². The Bertz CT molecular complexity index is 238. The van der Waals surface area contributed by atoms with Crippen LogP contribution in [0.15, 0.2) is 12.2 Å². The lowest BCUT2D eigenvalue weighted by Gasteiger charge is -2.31. The van der Waals surface area contributed by atoms with E-state index in [4.69, 9.17) is 0 Å². The van der Waals surface area contributed by atoms with E-state index in [0.29, 0.717) is 6.04 Å². The van der Waals surface area contributed by atoms with Crippen LogP contribution in [0.4, 0.5) is 0 Å². The Morgan fingerprint density at radius 3 is 1.95 bits per heavy atom. The van der Waals surface area contributed by atoms with Crippen LogP contribution in [0.25, 0.3) is 0 Å². The summed E-state index contributed by atoms with van der Waals surface area (Å²) in [6.45, 7) is 14.2. The Morgan fingerprint density at radius 2 is 1.47 bits per heavy atom. The van der Waals surface area contributed by atoms with Gasteiger partial charge in [0.2, 0.25) is 0 Å². The van der Waals surface area contributed by atoms with Gasteiger partial charge in [0.15, 0.2) is 0 Å². The maximum atomic E-state index is 4.44. The van der Waals surface area contributed by atoms with Crippen molar-refractivity contribution in [3.8, 4) is 0 Å². The second-order valence-corrected chi connectivity index (χ2v) is 10.2. The molecular weight excluding hydrogens is 246 g/mol. The molecule has 0 radical (unpaired) electrons. The van der Waals surface area contributed by atoms with Crippen molar-refractivity contribution in [2.24, 2.45) is 0 Å². The zero-order valence-electron chi connectivity index (χ0n) is 13.6. The van der Waals surface area contributed by atoms with Crippen LogP contribution in [-0.2, 0) is 0 Å². The Morgan fingerprint density at radius 1 is 1.00 bits per heavy atom. The minimum absolute atomic E-state index is 0.516. The first kappa shape index (κ1) is 17.0. The SMILES string of the molecule is C=C(C[SiH](CC)CC)C(C)N1CCCCCCCC1. The minimum Gasteiger partial charge on any atom is -0.297 e. The van der Waals surface area contributed by atoms with Crippen molar-refractivity contribution in [3.05, 3.63) is 12.2 Å². The summed E-state index contributed by atoms with van der Waals surface area (Å²) in [5.74, 6) is 0. The summed E-state index contributed by atoms with van der Waals surface area (Å²) >= 11 is 0. The number of rotatable bonds is 6. The van der Waals surface area contributed by atoms with Crippen molar-refractivity contribution in [2.45, 2.75) is 83.5 Å². The molecule has 0 aromatic rings. The smallest absolute Gasteiger partial charge is 0.0404 e. The van der Waals surface area contributed by atoms with Crippen LogP contribution in [-0.4, -0.2) is 32.8 Å². The van der Waals surface area contributed by atoms with Crippen LogP contribution < -0.4 is 0 Å². The highest BCUT2D eigenvalue weighted by Crippen LogP contribution is 2.21. The predicted octanol–water partition coefficient (Wildman–Crippen LogP) is 4.85. The first-order valence-electron chi connectivity index (χ1n) is 8.60. The maximum Gasteiger partial charge on any atom is 0.0404 e. The lowest BCUT2D eigenvalue weighted by Crippen LogP contribution is -2.36. The molecule has 1 saturated heterocycles.